The van der Waals surface area contributed by atoms with E-state index < -0.39 is 11.4 Å². The van der Waals surface area contributed by atoms with Gasteiger partial charge >= 0.3 is 21.0 Å². The molecular formula is C20H19N4O4SV-. The molecule has 0 saturated carbocycles. The van der Waals surface area contributed by atoms with Crippen LogP contribution in [-0.2, 0) is 32.4 Å². The van der Waals surface area contributed by atoms with Crippen LogP contribution in [0.4, 0.5) is 0 Å². The average Bonchev–Trinajstić information content (AvgIpc) is 2.83. The molecule has 8 nitrogen and oxygen atoms in total. The van der Waals surface area contributed by atoms with Gasteiger partial charge in [-0.3, -0.25) is 19.9 Å². The number of hydrogen-bond donors (Lipinski definition) is 1. The third kappa shape index (κ3) is 10.7. The van der Waals surface area contributed by atoms with Gasteiger partial charge in [-0.1, -0.05) is 24.3 Å². The fourth-order valence-electron chi connectivity index (χ4n) is 2.22. The van der Waals surface area contributed by atoms with Gasteiger partial charge in [-0.15, -0.1) is 0 Å². The molecule has 0 spiro atoms. The van der Waals surface area contributed by atoms with Gasteiger partial charge < -0.3 is 9.11 Å². The molecule has 1 N–H and O–H groups in total. The molecule has 0 fully saturated rings. The maximum Gasteiger partial charge on any atom is 0.0886 e. The second-order valence-electron chi connectivity index (χ2n) is 5.32. The third-order valence-electron chi connectivity index (χ3n) is 3.37. The van der Waals surface area contributed by atoms with Crippen molar-refractivity contribution in [1.82, 2.24) is 15.0 Å². The van der Waals surface area contributed by atoms with Crippen molar-refractivity contribution in [2.75, 3.05) is 6.54 Å². The van der Waals surface area contributed by atoms with Gasteiger partial charge in [0.05, 0.1) is 34.2 Å². The normalized spacial score (nSPS) is 12.4. The number of aliphatic imine (C=N–C) groups is 1. The molecule has 0 aliphatic carbocycles. The minimum Gasteiger partial charge on any atom is -0.255 e. The van der Waals surface area contributed by atoms with E-state index in [1.54, 1.807) is 18.6 Å². The molecule has 3 aromatic rings. The Morgan fingerprint density at radius 2 is 1.27 bits per heavy atom. The largest absolute Gasteiger partial charge is 0.255 e. The van der Waals surface area contributed by atoms with Gasteiger partial charge in [0.2, 0.25) is 0 Å². The number of aromatic nitrogens is 3. The summed E-state index contributed by atoms with van der Waals surface area (Å²) in [5, 5.41) is 0. The van der Waals surface area contributed by atoms with E-state index in [1.165, 1.54) is 0 Å². The van der Waals surface area contributed by atoms with Crippen molar-refractivity contribution in [3.05, 3.63) is 91.0 Å². The van der Waals surface area contributed by atoms with E-state index in [0.717, 1.165) is 53.1 Å². The Bertz CT molecular complexity index is 888. The number of dihydropyridines is 1. The first-order valence-electron chi connectivity index (χ1n) is 8.58. The van der Waals surface area contributed by atoms with Crippen LogP contribution in [0.15, 0.2) is 90.3 Å². The molecule has 1 atom stereocenters. The summed E-state index contributed by atoms with van der Waals surface area (Å²) in [4.78, 5) is 17.0. The summed E-state index contributed by atoms with van der Waals surface area (Å²) in [5.74, 6) is 0. The van der Waals surface area contributed by atoms with Crippen LogP contribution in [0, 0.1) is 0 Å². The summed E-state index contributed by atoms with van der Waals surface area (Å²) in [5.41, 5.74) is 3.80. The first-order chi connectivity index (χ1) is 14.7. The number of allylic oxidation sites excluding steroid dienone is 1. The van der Waals surface area contributed by atoms with E-state index in [4.69, 9.17) is 17.0 Å². The van der Waals surface area contributed by atoms with Gasteiger partial charge in [0.15, 0.2) is 0 Å². The van der Waals surface area contributed by atoms with Crippen molar-refractivity contribution < 1.29 is 34.4 Å². The maximum atomic E-state index is 8.56. The molecule has 30 heavy (non-hydrogen) atoms. The summed E-state index contributed by atoms with van der Waals surface area (Å²) in [6, 6.07) is 17.5. The molecule has 10 heteroatoms. The number of rotatable bonds is 2. The fourth-order valence-corrected chi connectivity index (χ4v) is 2.22. The number of pyridine rings is 3. The van der Waals surface area contributed by atoms with Crippen molar-refractivity contribution in [3.63, 3.8) is 0 Å². The Labute approximate surface area is 186 Å². The predicted molar refractivity (Wildman–Crippen MR) is 109 cm³/mol. The number of hydrogen-bond acceptors (Lipinski definition) is 7. The first-order valence-corrected chi connectivity index (χ1v) is 10.2. The quantitative estimate of drug-likeness (QED) is 0.579. The Morgan fingerprint density at radius 1 is 0.833 bits per heavy atom. The molecule has 155 valence electrons. The Morgan fingerprint density at radius 3 is 1.60 bits per heavy atom. The second-order valence-corrected chi connectivity index (χ2v) is 5.75. The first kappa shape index (κ1) is 25.4. The Balaban J connectivity index is 0.000000239. The van der Waals surface area contributed by atoms with Crippen LogP contribution < -0.4 is 0 Å². The predicted octanol–water partition coefficient (Wildman–Crippen LogP) is 3.19. The standard InChI is InChI=1S/C10H10N2.C10H8N2.H2O3S.O.V/c2*1-3-7-11-9(5-1)10-6-2-4-8-12-10;1-4(2)3;;/h1-3,5-7H,4,8H2;1-8H;(H2,1,2,3);;/p-1. The van der Waals surface area contributed by atoms with Gasteiger partial charge in [-0.05, 0) is 48.9 Å². The minimum absolute atomic E-state index is 0.891. The topological polar surface area (TPSA) is 128 Å². The van der Waals surface area contributed by atoms with Crippen molar-refractivity contribution in [2.45, 2.75) is 6.42 Å². The zero-order valence-electron chi connectivity index (χ0n) is 15.8. The summed E-state index contributed by atoms with van der Waals surface area (Å²) in [6.45, 7) is 0.891. The van der Waals surface area contributed by atoms with Crippen molar-refractivity contribution in [3.8, 4) is 11.4 Å². The fraction of sp³-hybridized carbons (Fsp3) is 0.100. The summed E-state index contributed by atoms with van der Waals surface area (Å²) in [6.07, 6.45) is 10.5. The van der Waals surface area contributed by atoms with E-state index >= 15 is 0 Å². The van der Waals surface area contributed by atoms with Crippen LogP contribution in [0.3, 0.4) is 0 Å². The van der Waals surface area contributed by atoms with Crippen molar-refractivity contribution >= 4 is 17.1 Å². The van der Waals surface area contributed by atoms with E-state index in [-0.39, 0.29) is 0 Å². The molecule has 4 rings (SSSR count). The molecule has 1 aliphatic rings. The molecule has 0 bridgehead atoms. The van der Waals surface area contributed by atoms with E-state index in [2.05, 4.69) is 26.0 Å². The van der Waals surface area contributed by atoms with Gasteiger partial charge in [-0.2, -0.15) is 0 Å². The van der Waals surface area contributed by atoms with Crippen LogP contribution in [0.5, 0.6) is 0 Å². The molecular weight excluding hydrogens is 443 g/mol. The molecule has 0 saturated heterocycles. The van der Waals surface area contributed by atoms with Crippen LogP contribution in [0.25, 0.3) is 11.4 Å². The Kier molecular flexibility index (Phi) is 13.6. The minimum atomic E-state index is -2.86. The van der Waals surface area contributed by atoms with Gasteiger partial charge in [0.25, 0.3) is 0 Å². The molecule has 4 heterocycles. The van der Waals surface area contributed by atoms with E-state index in [9.17, 15) is 0 Å². The molecule has 0 amide bonds. The Hall–Kier alpha value is -2.69. The van der Waals surface area contributed by atoms with Gasteiger partial charge in [-0.25, -0.2) is 4.21 Å². The van der Waals surface area contributed by atoms with Gasteiger partial charge in [0.1, 0.15) is 0 Å². The number of nitrogens with zero attached hydrogens (tertiary/aromatic N) is 4. The zero-order valence-corrected chi connectivity index (χ0v) is 18.0. The molecule has 0 aromatic carbocycles. The zero-order chi connectivity index (χ0) is 22.0. The molecule has 1 unspecified atom stereocenters. The maximum absolute atomic E-state index is 8.56. The summed E-state index contributed by atoms with van der Waals surface area (Å²) in [7, 11) is 0. The SMILES string of the molecule is C1=CC(c2ccccn2)=NCC1.O=S([O-])O.[O]=[V].c1ccc(-c2ccccn2)nc1. The summed E-state index contributed by atoms with van der Waals surface area (Å²) < 4.78 is 32.3. The monoisotopic (exact) mass is 462 g/mol. The van der Waals surface area contributed by atoms with E-state index in [0.29, 0.717) is 0 Å². The molecule has 1 aliphatic heterocycles. The van der Waals surface area contributed by atoms with Gasteiger partial charge in [0, 0.05) is 25.1 Å². The van der Waals surface area contributed by atoms with Crippen molar-refractivity contribution in [2.24, 2.45) is 4.99 Å². The van der Waals surface area contributed by atoms with Crippen LogP contribution in [-0.4, -0.2) is 40.5 Å². The summed E-state index contributed by atoms with van der Waals surface area (Å²) >= 11 is -1.80. The smallest absolute Gasteiger partial charge is 0.0886 e. The van der Waals surface area contributed by atoms with Crippen LogP contribution in [0.1, 0.15) is 12.1 Å². The third-order valence-corrected chi connectivity index (χ3v) is 3.37. The molecule has 0 radical (unpaired) electrons. The van der Waals surface area contributed by atoms with Crippen LogP contribution in [0.2, 0.25) is 0 Å². The van der Waals surface area contributed by atoms with Crippen molar-refractivity contribution in [1.29, 1.82) is 0 Å². The van der Waals surface area contributed by atoms with Crippen LogP contribution >= 0.6 is 0 Å². The molecule has 3 aromatic heterocycles. The average molecular weight is 462 g/mol. The second kappa shape index (κ2) is 16.1. The van der Waals surface area contributed by atoms with E-state index in [1.807, 2.05) is 60.7 Å².